The third-order valence-corrected chi connectivity index (χ3v) is 7.18. The molecule has 0 atom stereocenters. The van der Waals surface area contributed by atoms with Crippen LogP contribution in [0.2, 0.25) is 0 Å². The molecule has 5 aromatic rings. The number of nitrogens with zero attached hydrogens (tertiary/aromatic N) is 3. The second-order valence-corrected chi connectivity index (χ2v) is 10.3. The zero-order valence-electron chi connectivity index (χ0n) is 19.8. The Morgan fingerprint density at radius 1 is 0.676 bits per heavy atom. The zero-order valence-corrected chi connectivity index (χ0v) is 25.4. The van der Waals surface area contributed by atoms with E-state index in [2.05, 4.69) is 10.2 Å². The number of aromatic nitrogens is 3. The Hall–Kier alpha value is -1.90. The van der Waals surface area contributed by atoms with Gasteiger partial charge in [0.15, 0.2) is 0 Å². The Labute approximate surface area is 257 Å². The molecule has 9 nitrogen and oxygen atoms in total. The minimum Gasteiger partial charge on any atom is -0.744 e. The first-order valence-electron chi connectivity index (χ1n) is 10.2. The maximum atomic E-state index is 12.0. The summed E-state index contributed by atoms with van der Waals surface area (Å²) in [6, 6.07) is 20.7. The van der Waals surface area contributed by atoms with Crippen molar-refractivity contribution in [3.05, 3.63) is 90.0 Å². The molecule has 1 heterocycles. The van der Waals surface area contributed by atoms with Gasteiger partial charge in [0.05, 0.1) is 15.5 Å². The van der Waals surface area contributed by atoms with E-state index in [4.69, 9.17) is 0 Å². The minimum atomic E-state index is -4.83. The Kier molecular flexibility index (Phi) is 9.18. The van der Waals surface area contributed by atoms with Crippen molar-refractivity contribution in [3.63, 3.8) is 0 Å². The van der Waals surface area contributed by atoms with E-state index < -0.39 is 25.1 Å². The third kappa shape index (κ3) is 6.23. The SMILES string of the molecule is O=S(=O)([O-])c1cc(-n2nc3ccc4c(S(=O)(=O)[O-])cccc4c3n2)ccc1/C=C/c1ccccc1.[Na+].[Na+]. The summed E-state index contributed by atoms with van der Waals surface area (Å²) in [5, 5.41) is 9.30. The molecule has 0 spiro atoms. The predicted octanol–water partition coefficient (Wildman–Crippen LogP) is -2.44. The third-order valence-electron chi connectivity index (χ3n) is 5.39. The van der Waals surface area contributed by atoms with Crippen molar-refractivity contribution in [2.24, 2.45) is 0 Å². The molecule has 4 aromatic carbocycles. The molecule has 0 radical (unpaired) electrons. The van der Waals surface area contributed by atoms with Crippen molar-refractivity contribution in [1.29, 1.82) is 0 Å². The summed E-state index contributed by atoms with van der Waals surface area (Å²) in [7, 11) is -9.54. The van der Waals surface area contributed by atoms with E-state index in [0.717, 1.165) is 10.4 Å². The second-order valence-electron chi connectivity index (χ2n) is 7.65. The van der Waals surface area contributed by atoms with E-state index in [-0.39, 0.29) is 80.6 Å². The van der Waals surface area contributed by atoms with Gasteiger partial charge >= 0.3 is 59.1 Å². The average molecular weight is 552 g/mol. The van der Waals surface area contributed by atoms with Crippen molar-refractivity contribution >= 4 is 54.2 Å². The van der Waals surface area contributed by atoms with Crippen molar-refractivity contribution in [2.75, 3.05) is 0 Å². The first-order chi connectivity index (χ1) is 16.6. The van der Waals surface area contributed by atoms with Gasteiger partial charge in [-0.1, -0.05) is 66.7 Å². The van der Waals surface area contributed by atoms with Gasteiger partial charge in [-0.25, -0.2) is 16.8 Å². The van der Waals surface area contributed by atoms with Crippen LogP contribution in [0.4, 0.5) is 0 Å². The summed E-state index contributed by atoms with van der Waals surface area (Å²) in [4.78, 5) is 0.343. The van der Waals surface area contributed by atoms with E-state index in [1.54, 1.807) is 18.2 Å². The Bertz CT molecular complexity index is 1860. The molecule has 0 amide bonds. The number of hydrogen-bond donors (Lipinski definition) is 0. The maximum absolute atomic E-state index is 12.0. The first-order valence-corrected chi connectivity index (χ1v) is 13.0. The summed E-state index contributed by atoms with van der Waals surface area (Å²) < 4.78 is 70.9. The number of hydrogen-bond acceptors (Lipinski definition) is 8. The van der Waals surface area contributed by atoms with Gasteiger partial charge in [-0.15, -0.1) is 10.2 Å². The van der Waals surface area contributed by atoms with Gasteiger partial charge in [0.25, 0.3) is 0 Å². The zero-order chi connectivity index (χ0) is 24.8. The summed E-state index contributed by atoms with van der Waals surface area (Å²) >= 11 is 0. The molecule has 0 N–H and O–H groups in total. The van der Waals surface area contributed by atoms with Crippen LogP contribution in [0.25, 0.3) is 39.6 Å². The summed E-state index contributed by atoms with van der Waals surface area (Å²) in [6.07, 6.45) is 3.23. The quantitative estimate of drug-likeness (QED) is 0.133. The molecule has 0 fully saturated rings. The van der Waals surface area contributed by atoms with E-state index in [0.29, 0.717) is 16.4 Å². The van der Waals surface area contributed by atoms with Crippen LogP contribution in [0.15, 0.2) is 88.7 Å². The predicted molar refractivity (Wildman–Crippen MR) is 128 cm³/mol. The smallest absolute Gasteiger partial charge is 0.744 e. The van der Waals surface area contributed by atoms with Crippen molar-refractivity contribution in [1.82, 2.24) is 15.0 Å². The van der Waals surface area contributed by atoms with Crippen LogP contribution in [0.3, 0.4) is 0 Å². The number of benzene rings is 4. The van der Waals surface area contributed by atoms with Crippen LogP contribution in [0.5, 0.6) is 0 Å². The van der Waals surface area contributed by atoms with Gasteiger partial charge in [0.1, 0.15) is 31.3 Å². The van der Waals surface area contributed by atoms with Crippen LogP contribution in [-0.4, -0.2) is 40.9 Å². The van der Waals surface area contributed by atoms with Crippen molar-refractivity contribution in [2.45, 2.75) is 9.79 Å². The molecular formula is C24H15N3Na2O6S2. The molecule has 0 bridgehead atoms. The number of rotatable bonds is 5. The molecule has 1 aromatic heterocycles. The summed E-state index contributed by atoms with van der Waals surface area (Å²) in [5.41, 5.74) is 1.95. The standard InChI is InChI=1S/C24H17N3O6S2.2Na/c28-34(29,30)22-8-4-7-20-19(22)13-14-21-24(20)26-27(25-21)18-12-11-17(23(15-18)35(31,32)33)10-9-16-5-2-1-3-6-16;;/h1-15H,(H,28,29,30)(H,31,32,33);;/q;2*+1/p-2/b10-9+;;. The van der Waals surface area contributed by atoms with Gasteiger partial charge in [-0.2, -0.15) is 4.80 Å². The largest absolute Gasteiger partial charge is 1.00 e. The fourth-order valence-corrected chi connectivity index (χ4v) is 5.17. The molecule has 0 aliphatic carbocycles. The van der Waals surface area contributed by atoms with Crippen LogP contribution in [0, 0.1) is 0 Å². The first kappa shape index (κ1) is 29.7. The minimum absolute atomic E-state index is 0. The molecule has 0 saturated heterocycles. The van der Waals surface area contributed by atoms with Crippen LogP contribution >= 0.6 is 0 Å². The van der Waals surface area contributed by atoms with E-state index in [1.165, 1.54) is 42.5 Å². The molecule has 37 heavy (non-hydrogen) atoms. The van der Waals surface area contributed by atoms with Gasteiger partial charge in [-0.3, -0.25) is 0 Å². The fourth-order valence-electron chi connectivity index (χ4n) is 3.79. The van der Waals surface area contributed by atoms with E-state index >= 15 is 0 Å². The molecular weight excluding hydrogens is 536 g/mol. The Morgan fingerprint density at radius 2 is 1.38 bits per heavy atom. The van der Waals surface area contributed by atoms with Crippen molar-refractivity contribution in [3.8, 4) is 5.69 Å². The normalized spacial score (nSPS) is 11.9. The molecule has 13 heteroatoms. The van der Waals surface area contributed by atoms with Gasteiger partial charge < -0.3 is 9.11 Å². The van der Waals surface area contributed by atoms with E-state index in [1.807, 2.05) is 30.3 Å². The van der Waals surface area contributed by atoms with Crippen LogP contribution in [-0.2, 0) is 20.2 Å². The maximum Gasteiger partial charge on any atom is 1.00 e. The Balaban J connectivity index is 0.00000190. The van der Waals surface area contributed by atoms with Crippen molar-refractivity contribution < 1.29 is 85.1 Å². The number of fused-ring (bicyclic) bond motifs is 3. The van der Waals surface area contributed by atoms with Gasteiger partial charge in [0, 0.05) is 10.8 Å². The monoisotopic (exact) mass is 551 g/mol. The summed E-state index contributed by atoms with van der Waals surface area (Å²) in [5.74, 6) is 0. The van der Waals surface area contributed by atoms with Gasteiger partial charge in [0.2, 0.25) is 0 Å². The molecule has 0 aliphatic heterocycles. The summed E-state index contributed by atoms with van der Waals surface area (Å²) in [6.45, 7) is 0. The second kappa shape index (κ2) is 11.5. The van der Waals surface area contributed by atoms with Crippen LogP contribution < -0.4 is 59.1 Å². The molecule has 0 aliphatic rings. The molecule has 0 unspecified atom stereocenters. The van der Waals surface area contributed by atoms with Gasteiger partial charge in [-0.05, 0) is 35.4 Å². The fraction of sp³-hybridized carbons (Fsp3) is 0. The van der Waals surface area contributed by atoms with Crippen LogP contribution in [0.1, 0.15) is 11.1 Å². The Morgan fingerprint density at radius 3 is 2.05 bits per heavy atom. The molecule has 176 valence electrons. The molecule has 0 saturated carbocycles. The topological polar surface area (TPSA) is 145 Å². The molecule has 5 rings (SSSR count). The van der Waals surface area contributed by atoms with E-state index in [9.17, 15) is 25.9 Å². The average Bonchev–Trinajstić information content (AvgIpc) is 3.27.